The first kappa shape index (κ1) is 21.2. The van der Waals surface area contributed by atoms with Crippen molar-refractivity contribution < 1.29 is 0 Å². The first-order valence-electron chi connectivity index (χ1n) is 13.3. The fraction of sp³-hybridized carbons (Fsp3) is 1.00. The Kier molecular flexibility index (Phi) is 6.01. The lowest BCUT2D eigenvalue weighted by molar-refractivity contribution is -0.120. The minimum atomic E-state index is 0.670. The molecule has 1 unspecified atom stereocenters. The quantitative estimate of drug-likeness (QED) is 0.443. The zero-order valence-electron chi connectivity index (χ0n) is 20.1. The first-order valence-corrected chi connectivity index (χ1v) is 13.3. The van der Waals surface area contributed by atoms with Crippen molar-refractivity contribution in [2.75, 3.05) is 0 Å². The second-order valence-electron chi connectivity index (χ2n) is 13.1. The summed E-state index contributed by atoms with van der Waals surface area (Å²) in [6, 6.07) is 0. The predicted molar refractivity (Wildman–Crippen MR) is 122 cm³/mol. The average molecular weight is 387 g/mol. The molecule has 28 heavy (non-hydrogen) atoms. The summed E-state index contributed by atoms with van der Waals surface area (Å²) in [4.78, 5) is 0. The highest BCUT2D eigenvalue weighted by Gasteiger charge is 2.60. The van der Waals surface area contributed by atoms with Gasteiger partial charge in [-0.25, -0.2) is 0 Å². The second-order valence-corrected chi connectivity index (χ2v) is 13.1. The molecule has 0 spiro atoms. The lowest BCUT2D eigenvalue weighted by atomic mass is 9.44. The summed E-state index contributed by atoms with van der Waals surface area (Å²) in [6.45, 7) is 15.4. The Morgan fingerprint density at radius 2 is 1.50 bits per heavy atom. The molecule has 4 saturated carbocycles. The Morgan fingerprint density at radius 3 is 2.25 bits per heavy atom. The van der Waals surface area contributed by atoms with Crippen LogP contribution in [0.1, 0.15) is 119 Å². The molecule has 0 N–H and O–H groups in total. The maximum atomic E-state index is 2.75. The fourth-order valence-electron chi connectivity index (χ4n) is 9.50. The van der Waals surface area contributed by atoms with E-state index in [9.17, 15) is 0 Å². The molecular formula is C28H50. The highest BCUT2D eigenvalue weighted by atomic mass is 14.6. The summed E-state index contributed by atoms with van der Waals surface area (Å²) in [7, 11) is 0. The third-order valence-electron chi connectivity index (χ3n) is 11.1. The van der Waals surface area contributed by atoms with Crippen molar-refractivity contribution in [1.29, 1.82) is 0 Å². The van der Waals surface area contributed by atoms with E-state index in [0.29, 0.717) is 10.8 Å². The molecule has 4 aliphatic carbocycles. The van der Waals surface area contributed by atoms with Crippen LogP contribution in [-0.2, 0) is 0 Å². The summed E-state index contributed by atoms with van der Waals surface area (Å²) < 4.78 is 0. The molecule has 4 aliphatic rings. The monoisotopic (exact) mass is 386 g/mol. The molecule has 0 aliphatic heterocycles. The molecule has 0 aromatic rings. The lowest BCUT2D eigenvalue weighted by Gasteiger charge is -2.61. The van der Waals surface area contributed by atoms with E-state index in [0.717, 1.165) is 47.3 Å². The molecule has 0 aromatic carbocycles. The first-order chi connectivity index (χ1) is 13.3. The van der Waals surface area contributed by atoms with Gasteiger partial charge >= 0.3 is 0 Å². The van der Waals surface area contributed by atoms with Gasteiger partial charge in [-0.1, -0.05) is 67.2 Å². The van der Waals surface area contributed by atoms with Crippen LogP contribution in [-0.4, -0.2) is 0 Å². The number of hydrogen-bond donors (Lipinski definition) is 0. The molecule has 4 fully saturated rings. The zero-order chi connectivity index (χ0) is 20.1. The van der Waals surface area contributed by atoms with Crippen LogP contribution in [0.3, 0.4) is 0 Å². The van der Waals surface area contributed by atoms with E-state index in [1.54, 1.807) is 44.9 Å². The van der Waals surface area contributed by atoms with Crippen LogP contribution in [0.5, 0.6) is 0 Å². The molecule has 162 valence electrons. The van der Waals surface area contributed by atoms with Gasteiger partial charge in [0.1, 0.15) is 0 Å². The van der Waals surface area contributed by atoms with Gasteiger partial charge in [0.25, 0.3) is 0 Å². The summed E-state index contributed by atoms with van der Waals surface area (Å²) in [5.41, 5.74) is 1.36. The van der Waals surface area contributed by atoms with E-state index >= 15 is 0 Å². The van der Waals surface area contributed by atoms with Crippen molar-refractivity contribution in [1.82, 2.24) is 0 Å². The predicted octanol–water partition coefficient (Wildman–Crippen LogP) is 8.74. The Hall–Kier alpha value is 0. The van der Waals surface area contributed by atoms with Gasteiger partial charge in [-0.05, 0) is 110 Å². The molecule has 4 rings (SSSR count). The van der Waals surface area contributed by atoms with E-state index < -0.39 is 0 Å². The van der Waals surface area contributed by atoms with Crippen LogP contribution in [0, 0.1) is 58.2 Å². The van der Waals surface area contributed by atoms with Crippen molar-refractivity contribution in [2.45, 2.75) is 119 Å². The third-order valence-corrected chi connectivity index (χ3v) is 11.1. The molecule has 0 nitrogen and oxygen atoms in total. The third kappa shape index (κ3) is 3.51. The Morgan fingerprint density at radius 1 is 0.786 bits per heavy atom. The molecule has 0 aromatic heterocycles. The second kappa shape index (κ2) is 7.92. The normalized spacial score (nSPS) is 49.4. The van der Waals surface area contributed by atoms with Crippen molar-refractivity contribution in [3.63, 3.8) is 0 Å². The summed E-state index contributed by atoms with van der Waals surface area (Å²) in [5, 5.41) is 0. The molecule has 0 heterocycles. The van der Waals surface area contributed by atoms with Gasteiger partial charge in [0.2, 0.25) is 0 Å². The van der Waals surface area contributed by atoms with Crippen molar-refractivity contribution in [3.05, 3.63) is 0 Å². The van der Waals surface area contributed by atoms with Gasteiger partial charge in [-0.2, -0.15) is 0 Å². The maximum Gasteiger partial charge on any atom is -0.0264 e. The van der Waals surface area contributed by atoms with Crippen LogP contribution in [0.15, 0.2) is 0 Å². The van der Waals surface area contributed by atoms with E-state index in [4.69, 9.17) is 0 Å². The number of hydrogen-bond acceptors (Lipinski definition) is 0. The van der Waals surface area contributed by atoms with Gasteiger partial charge in [-0.3, -0.25) is 0 Å². The van der Waals surface area contributed by atoms with E-state index in [1.165, 1.54) is 32.1 Å². The number of rotatable bonds is 5. The van der Waals surface area contributed by atoms with E-state index in [2.05, 4.69) is 41.5 Å². The van der Waals surface area contributed by atoms with Crippen LogP contribution >= 0.6 is 0 Å². The SMILES string of the molecule is CC(C)CCC[C@H](C)C1CC[C@H]2[C@@H]3CC[C@H]4C[C@@H](C)CC[C@]4(C)[C@H]3CC[C@]12C. The van der Waals surface area contributed by atoms with Crippen molar-refractivity contribution in [2.24, 2.45) is 58.2 Å². The van der Waals surface area contributed by atoms with Gasteiger partial charge in [-0.15, -0.1) is 0 Å². The summed E-state index contributed by atoms with van der Waals surface area (Å²) in [6.07, 6.45) is 18.3. The maximum absolute atomic E-state index is 2.75. The highest BCUT2D eigenvalue weighted by Crippen LogP contribution is 2.68. The Balaban J connectivity index is 1.46. The van der Waals surface area contributed by atoms with Crippen LogP contribution in [0.4, 0.5) is 0 Å². The highest BCUT2D eigenvalue weighted by molar-refractivity contribution is 5.09. The topological polar surface area (TPSA) is 0 Å². The lowest BCUT2D eigenvalue weighted by Crippen LogP contribution is -2.53. The summed E-state index contributed by atoms with van der Waals surface area (Å²) >= 11 is 0. The molecule has 0 bridgehead atoms. The standard InChI is InChI=1S/C28H50/c1-19(2)8-7-9-21(4)24-12-13-25-23-11-10-22-18-20(3)14-16-27(22,5)26(23)15-17-28(24,25)6/h19-26H,7-18H2,1-6H3/t20-,21-,22-,23-,24?,25-,26-,27-,28+/m0/s1. The van der Waals surface area contributed by atoms with Crippen LogP contribution in [0.25, 0.3) is 0 Å². The zero-order valence-corrected chi connectivity index (χ0v) is 20.1. The van der Waals surface area contributed by atoms with Gasteiger partial charge in [0.15, 0.2) is 0 Å². The molecular weight excluding hydrogens is 336 g/mol. The molecule has 0 heteroatoms. The minimum absolute atomic E-state index is 0.670. The Labute approximate surface area is 177 Å². The Bertz CT molecular complexity index is 534. The molecule has 0 amide bonds. The minimum Gasteiger partial charge on any atom is -0.0628 e. The van der Waals surface area contributed by atoms with Gasteiger partial charge in [0, 0.05) is 0 Å². The summed E-state index contributed by atoms with van der Waals surface area (Å²) in [5.74, 6) is 8.08. The van der Waals surface area contributed by atoms with Crippen LogP contribution < -0.4 is 0 Å². The molecule has 0 saturated heterocycles. The smallest absolute Gasteiger partial charge is 0.0264 e. The molecule has 0 radical (unpaired) electrons. The number of fused-ring (bicyclic) bond motifs is 5. The van der Waals surface area contributed by atoms with Crippen LogP contribution in [0.2, 0.25) is 0 Å². The van der Waals surface area contributed by atoms with Crippen molar-refractivity contribution in [3.8, 4) is 0 Å². The van der Waals surface area contributed by atoms with Gasteiger partial charge < -0.3 is 0 Å². The van der Waals surface area contributed by atoms with Gasteiger partial charge in [0.05, 0.1) is 0 Å². The average Bonchev–Trinajstić information content (AvgIpc) is 2.99. The van der Waals surface area contributed by atoms with Crippen molar-refractivity contribution >= 4 is 0 Å². The van der Waals surface area contributed by atoms with E-state index in [1.807, 2.05) is 0 Å². The molecule has 9 atom stereocenters. The fourth-order valence-corrected chi connectivity index (χ4v) is 9.50. The largest absolute Gasteiger partial charge is 0.0628 e. The van der Waals surface area contributed by atoms with E-state index in [-0.39, 0.29) is 0 Å².